The molecule has 1 atom stereocenters. The molecule has 1 aliphatic rings. The average molecular weight is 296 g/mol. The second-order valence-electron chi connectivity index (χ2n) is 4.79. The first-order valence-electron chi connectivity index (χ1n) is 6.57. The number of hydrogen-bond donors (Lipinski definition) is 0. The minimum Gasteiger partial charge on any atom is -0.294 e. The predicted octanol–water partition coefficient (Wildman–Crippen LogP) is 3.66. The Morgan fingerprint density at radius 1 is 1.09 bits per heavy atom. The van der Waals surface area contributed by atoms with Crippen molar-refractivity contribution in [1.82, 2.24) is 4.90 Å². The number of nitrogens with zero attached hydrogens (tertiary/aromatic N) is 2. The number of hydrogen-bond acceptors (Lipinski definition) is 2. The normalized spacial score (nSPS) is 16.0. The van der Waals surface area contributed by atoms with E-state index in [0.29, 0.717) is 5.56 Å². The molecule has 0 saturated carbocycles. The Hall–Kier alpha value is -3.00. The van der Waals surface area contributed by atoms with E-state index in [1.165, 1.54) is 12.3 Å². The number of amides is 1. The summed E-state index contributed by atoms with van der Waals surface area (Å²) >= 11 is 0. The number of halogens is 2. The molecule has 0 saturated heterocycles. The number of benzene rings is 2. The molecule has 0 spiro atoms. The highest BCUT2D eigenvalue weighted by Crippen LogP contribution is 2.31. The Morgan fingerprint density at radius 2 is 1.77 bits per heavy atom. The summed E-state index contributed by atoms with van der Waals surface area (Å²) in [5, 5.41) is 9.38. The lowest BCUT2D eigenvalue weighted by atomic mass is 9.96. The lowest BCUT2D eigenvalue weighted by molar-refractivity contribution is 0.0784. The van der Waals surface area contributed by atoms with Crippen molar-refractivity contribution in [3.8, 4) is 6.07 Å². The van der Waals surface area contributed by atoms with E-state index in [1.807, 2.05) is 18.2 Å². The van der Waals surface area contributed by atoms with Crippen LogP contribution in [0, 0.1) is 23.0 Å². The summed E-state index contributed by atoms with van der Waals surface area (Å²) in [6.45, 7) is 0. The lowest BCUT2D eigenvalue weighted by Crippen LogP contribution is -2.33. The van der Waals surface area contributed by atoms with Gasteiger partial charge in [0.2, 0.25) is 0 Å². The van der Waals surface area contributed by atoms with Gasteiger partial charge in [0.05, 0.1) is 6.07 Å². The van der Waals surface area contributed by atoms with Crippen LogP contribution in [0.2, 0.25) is 0 Å². The Labute approximate surface area is 125 Å². The molecule has 1 amide bonds. The maximum absolute atomic E-state index is 13.8. The lowest BCUT2D eigenvalue weighted by Gasteiger charge is -2.28. The zero-order valence-electron chi connectivity index (χ0n) is 11.3. The third-order valence-electron chi connectivity index (χ3n) is 3.52. The molecule has 1 unspecified atom stereocenters. The van der Waals surface area contributed by atoms with E-state index in [-0.39, 0.29) is 0 Å². The largest absolute Gasteiger partial charge is 0.294 e. The Morgan fingerprint density at radius 3 is 2.45 bits per heavy atom. The first-order chi connectivity index (χ1) is 10.6. The van der Waals surface area contributed by atoms with Crippen molar-refractivity contribution < 1.29 is 13.6 Å². The molecule has 2 aromatic carbocycles. The molecule has 0 N–H and O–H groups in total. The summed E-state index contributed by atoms with van der Waals surface area (Å²) in [5.74, 6) is -2.78. The summed E-state index contributed by atoms with van der Waals surface area (Å²) in [7, 11) is 0. The molecule has 5 heteroatoms. The van der Waals surface area contributed by atoms with Gasteiger partial charge in [0.1, 0.15) is 23.2 Å². The van der Waals surface area contributed by atoms with Crippen molar-refractivity contribution in [3.63, 3.8) is 0 Å². The van der Waals surface area contributed by atoms with E-state index in [0.717, 1.165) is 22.6 Å². The van der Waals surface area contributed by atoms with Gasteiger partial charge in [0.15, 0.2) is 0 Å². The molecule has 1 heterocycles. The van der Waals surface area contributed by atoms with E-state index in [9.17, 15) is 18.8 Å². The maximum Gasteiger partial charge on any atom is 0.265 e. The topological polar surface area (TPSA) is 44.1 Å². The molecule has 0 aliphatic carbocycles. The molecule has 2 aromatic rings. The quantitative estimate of drug-likeness (QED) is 0.806. The van der Waals surface area contributed by atoms with Crippen molar-refractivity contribution in [1.29, 1.82) is 5.26 Å². The Balaban J connectivity index is 2.07. The van der Waals surface area contributed by atoms with Crippen LogP contribution in [0.5, 0.6) is 0 Å². The number of rotatable bonds is 1. The summed E-state index contributed by atoms with van der Waals surface area (Å²) in [6.07, 6.45) is 3.02. The Kier molecular flexibility index (Phi) is 3.43. The van der Waals surface area contributed by atoms with Crippen molar-refractivity contribution in [2.75, 3.05) is 0 Å². The van der Waals surface area contributed by atoms with Gasteiger partial charge < -0.3 is 0 Å². The first kappa shape index (κ1) is 14.0. The summed E-state index contributed by atoms with van der Waals surface area (Å²) in [6, 6.07) is 11.4. The number of carbonyl (C=O) groups excluding carboxylic acids is 1. The van der Waals surface area contributed by atoms with Crippen LogP contribution in [0.25, 0.3) is 6.08 Å². The van der Waals surface area contributed by atoms with Crippen molar-refractivity contribution >= 4 is 12.0 Å². The fraction of sp³-hybridized carbons (Fsp3) is 0.0588. The number of nitriles is 1. The zero-order valence-corrected chi connectivity index (χ0v) is 11.3. The Bertz CT molecular complexity index is 803. The minimum atomic E-state index is -0.950. The van der Waals surface area contributed by atoms with Gasteiger partial charge in [-0.05, 0) is 29.3 Å². The molecule has 0 fully saturated rings. The van der Waals surface area contributed by atoms with Gasteiger partial charge in [-0.3, -0.25) is 9.69 Å². The van der Waals surface area contributed by atoms with Gasteiger partial charge in [-0.1, -0.05) is 30.3 Å². The van der Waals surface area contributed by atoms with Crippen LogP contribution < -0.4 is 0 Å². The summed E-state index contributed by atoms with van der Waals surface area (Å²) in [5.41, 5.74) is 0.761. The standard InChI is InChI=1S/C17H10F2N2O/c18-13-6-3-7-14(19)16(13)17(22)21-9-8-11-4-1-2-5-12(11)15(21)10-20/h1-9,15H. The smallest absolute Gasteiger partial charge is 0.265 e. The molecule has 22 heavy (non-hydrogen) atoms. The highest BCUT2D eigenvalue weighted by Gasteiger charge is 2.31. The third-order valence-corrected chi connectivity index (χ3v) is 3.52. The molecule has 0 aromatic heterocycles. The SMILES string of the molecule is N#CC1c2ccccc2C=CN1C(=O)c1c(F)cccc1F. The monoisotopic (exact) mass is 296 g/mol. The van der Waals surface area contributed by atoms with Crippen LogP contribution in [0.1, 0.15) is 27.5 Å². The number of carbonyl (C=O) groups is 1. The van der Waals surface area contributed by atoms with Crippen LogP contribution in [0.15, 0.2) is 48.7 Å². The molecule has 0 bridgehead atoms. The number of fused-ring (bicyclic) bond motifs is 1. The second-order valence-corrected chi connectivity index (χ2v) is 4.79. The third kappa shape index (κ3) is 2.15. The average Bonchev–Trinajstić information content (AvgIpc) is 2.53. The van der Waals surface area contributed by atoms with Gasteiger partial charge in [-0.15, -0.1) is 0 Å². The predicted molar refractivity (Wildman–Crippen MR) is 76.4 cm³/mol. The fourth-order valence-corrected chi connectivity index (χ4v) is 2.46. The molecular formula is C17H10F2N2O. The highest BCUT2D eigenvalue weighted by atomic mass is 19.1. The van der Waals surface area contributed by atoms with E-state index >= 15 is 0 Å². The van der Waals surface area contributed by atoms with E-state index < -0.39 is 29.1 Å². The molecule has 1 aliphatic heterocycles. The van der Waals surface area contributed by atoms with E-state index in [4.69, 9.17) is 0 Å². The van der Waals surface area contributed by atoms with Gasteiger partial charge in [0, 0.05) is 6.20 Å². The zero-order chi connectivity index (χ0) is 15.7. The highest BCUT2D eigenvalue weighted by molar-refractivity contribution is 5.96. The first-order valence-corrected chi connectivity index (χ1v) is 6.57. The van der Waals surface area contributed by atoms with Gasteiger partial charge in [-0.2, -0.15) is 5.26 Å². The van der Waals surface area contributed by atoms with Crippen LogP contribution in [-0.4, -0.2) is 10.8 Å². The van der Waals surface area contributed by atoms with Crippen LogP contribution in [0.3, 0.4) is 0 Å². The molecular weight excluding hydrogens is 286 g/mol. The van der Waals surface area contributed by atoms with E-state index in [2.05, 4.69) is 0 Å². The van der Waals surface area contributed by atoms with E-state index in [1.54, 1.807) is 18.2 Å². The molecule has 108 valence electrons. The van der Waals surface area contributed by atoms with Crippen LogP contribution in [-0.2, 0) is 0 Å². The van der Waals surface area contributed by atoms with Gasteiger partial charge >= 0.3 is 0 Å². The van der Waals surface area contributed by atoms with Crippen molar-refractivity contribution in [2.24, 2.45) is 0 Å². The van der Waals surface area contributed by atoms with Crippen molar-refractivity contribution in [2.45, 2.75) is 6.04 Å². The summed E-state index contributed by atoms with van der Waals surface area (Å²) in [4.78, 5) is 13.5. The van der Waals surface area contributed by atoms with Crippen LogP contribution >= 0.6 is 0 Å². The van der Waals surface area contributed by atoms with Gasteiger partial charge in [0.25, 0.3) is 5.91 Å². The minimum absolute atomic E-state index is 0.623. The van der Waals surface area contributed by atoms with Crippen LogP contribution in [0.4, 0.5) is 8.78 Å². The molecule has 3 rings (SSSR count). The second kappa shape index (κ2) is 5.41. The van der Waals surface area contributed by atoms with Crippen molar-refractivity contribution in [3.05, 3.63) is 77.0 Å². The fourth-order valence-electron chi connectivity index (χ4n) is 2.46. The summed E-state index contributed by atoms with van der Waals surface area (Å²) < 4.78 is 27.6. The molecule has 0 radical (unpaired) electrons. The maximum atomic E-state index is 13.8. The molecule has 3 nitrogen and oxygen atoms in total. The van der Waals surface area contributed by atoms with Gasteiger partial charge in [-0.25, -0.2) is 8.78 Å².